The number of aliphatic hydroxyl groups is 1. The fraction of sp³-hybridized carbons (Fsp3) is 0.474. The van der Waals surface area contributed by atoms with E-state index < -0.39 is 0 Å². The van der Waals surface area contributed by atoms with Crippen LogP contribution in [0.25, 0.3) is 0 Å². The van der Waals surface area contributed by atoms with Crippen LogP contribution in [0.15, 0.2) is 24.3 Å². The van der Waals surface area contributed by atoms with Gasteiger partial charge in [0, 0.05) is 23.7 Å². The van der Waals surface area contributed by atoms with Crippen molar-refractivity contribution >= 4 is 17.4 Å². The van der Waals surface area contributed by atoms with E-state index in [2.05, 4.69) is 22.7 Å². The molecule has 6 nitrogen and oxygen atoms in total. The second-order valence-corrected chi connectivity index (χ2v) is 6.31. The van der Waals surface area contributed by atoms with Crippen molar-refractivity contribution in [3.63, 3.8) is 0 Å². The molecule has 1 atom stereocenters. The first-order valence-electron chi connectivity index (χ1n) is 8.75. The number of nitrogens with one attached hydrogen (secondary N) is 2. The van der Waals surface area contributed by atoms with Crippen molar-refractivity contribution in [3.8, 4) is 0 Å². The normalized spacial score (nSPS) is 12.0. The molecule has 6 heteroatoms. The predicted octanol–water partition coefficient (Wildman–Crippen LogP) is 2.88. The first-order chi connectivity index (χ1) is 12.0. The second kappa shape index (κ2) is 8.67. The molecule has 2 aromatic rings. The topological polar surface area (TPSA) is 79.2 Å². The standard InChI is InChI=1S/C19H28N4O2/c1-5-16-8-6-7-9-17(16)21-18(25)12-13(2)20-19-14(3)15(4)22-23(19)10-11-24/h6-9,13,20,24H,5,10-12H2,1-4H3,(H,21,25). The Balaban J connectivity index is 2.00. The van der Waals surface area contributed by atoms with E-state index in [0.717, 1.165) is 34.7 Å². The van der Waals surface area contributed by atoms with Crippen LogP contribution < -0.4 is 10.6 Å². The van der Waals surface area contributed by atoms with Gasteiger partial charge in [0.15, 0.2) is 0 Å². The number of carbonyl (C=O) groups excluding carboxylic acids is 1. The molecular formula is C19H28N4O2. The van der Waals surface area contributed by atoms with E-state index in [-0.39, 0.29) is 18.6 Å². The van der Waals surface area contributed by atoms with Crippen molar-refractivity contribution in [2.24, 2.45) is 0 Å². The Bertz CT molecular complexity index is 724. The number of carbonyl (C=O) groups is 1. The number of aromatic nitrogens is 2. The van der Waals surface area contributed by atoms with Gasteiger partial charge in [-0.25, -0.2) is 4.68 Å². The molecule has 1 unspecified atom stereocenters. The van der Waals surface area contributed by atoms with Crippen molar-refractivity contribution in [1.82, 2.24) is 9.78 Å². The van der Waals surface area contributed by atoms with Gasteiger partial charge in [-0.15, -0.1) is 0 Å². The van der Waals surface area contributed by atoms with Crippen LogP contribution in [-0.4, -0.2) is 33.4 Å². The molecule has 1 heterocycles. The maximum atomic E-state index is 12.4. The summed E-state index contributed by atoms with van der Waals surface area (Å²) in [5, 5.41) is 20.0. The van der Waals surface area contributed by atoms with Crippen molar-refractivity contribution in [2.75, 3.05) is 17.2 Å². The number of rotatable bonds is 8. The number of anilines is 2. The maximum Gasteiger partial charge on any atom is 0.226 e. The summed E-state index contributed by atoms with van der Waals surface area (Å²) in [6.45, 7) is 8.42. The van der Waals surface area contributed by atoms with Gasteiger partial charge in [-0.1, -0.05) is 25.1 Å². The van der Waals surface area contributed by atoms with Crippen LogP contribution >= 0.6 is 0 Å². The summed E-state index contributed by atoms with van der Waals surface area (Å²) in [5.74, 6) is 0.837. The van der Waals surface area contributed by atoms with Gasteiger partial charge >= 0.3 is 0 Å². The fourth-order valence-electron chi connectivity index (χ4n) is 2.82. The van der Waals surface area contributed by atoms with Crippen molar-refractivity contribution < 1.29 is 9.90 Å². The van der Waals surface area contributed by atoms with Crippen molar-refractivity contribution in [3.05, 3.63) is 41.1 Å². The van der Waals surface area contributed by atoms with Gasteiger partial charge in [0.25, 0.3) is 0 Å². The quantitative estimate of drug-likeness (QED) is 0.688. The van der Waals surface area contributed by atoms with Crippen LogP contribution in [-0.2, 0) is 17.8 Å². The van der Waals surface area contributed by atoms with E-state index in [9.17, 15) is 9.90 Å². The third-order valence-corrected chi connectivity index (χ3v) is 4.29. The molecule has 0 radical (unpaired) electrons. The zero-order chi connectivity index (χ0) is 18.4. The number of amides is 1. The molecular weight excluding hydrogens is 316 g/mol. The molecule has 136 valence electrons. The summed E-state index contributed by atoms with van der Waals surface area (Å²) in [4.78, 5) is 12.4. The number of aryl methyl sites for hydroxylation is 2. The molecule has 0 aliphatic heterocycles. The zero-order valence-corrected chi connectivity index (χ0v) is 15.5. The Morgan fingerprint density at radius 1 is 1.32 bits per heavy atom. The molecule has 0 saturated heterocycles. The smallest absolute Gasteiger partial charge is 0.226 e. The molecule has 3 N–H and O–H groups in total. The number of nitrogens with zero attached hydrogens (tertiary/aromatic N) is 2. The van der Waals surface area contributed by atoms with E-state index in [4.69, 9.17) is 0 Å². The minimum Gasteiger partial charge on any atom is -0.394 e. The Morgan fingerprint density at radius 3 is 2.72 bits per heavy atom. The lowest BCUT2D eigenvalue weighted by atomic mass is 10.1. The monoisotopic (exact) mass is 344 g/mol. The Hall–Kier alpha value is -2.34. The summed E-state index contributed by atoms with van der Waals surface area (Å²) in [7, 11) is 0. The van der Waals surface area contributed by atoms with E-state index in [1.165, 1.54) is 0 Å². The van der Waals surface area contributed by atoms with Crippen LogP contribution in [0.4, 0.5) is 11.5 Å². The highest BCUT2D eigenvalue weighted by molar-refractivity contribution is 5.92. The molecule has 0 bridgehead atoms. The molecule has 2 rings (SSSR count). The highest BCUT2D eigenvalue weighted by Gasteiger charge is 2.16. The summed E-state index contributed by atoms with van der Waals surface area (Å²) < 4.78 is 1.76. The van der Waals surface area contributed by atoms with E-state index >= 15 is 0 Å². The number of hydrogen-bond donors (Lipinski definition) is 3. The summed E-state index contributed by atoms with van der Waals surface area (Å²) in [6.07, 6.45) is 1.23. The summed E-state index contributed by atoms with van der Waals surface area (Å²) >= 11 is 0. The third kappa shape index (κ3) is 4.82. The van der Waals surface area contributed by atoms with Gasteiger partial charge in [-0.2, -0.15) is 5.10 Å². The number of benzene rings is 1. The first kappa shape index (κ1) is 19.0. The predicted molar refractivity (Wildman–Crippen MR) is 101 cm³/mol. The van der Waals surface area contributed by atoms with Crippen LogP contribution in [0.5, 0.6) is 0 Å². The molecule has 0 fully saturated rings. The number of aliphatic hydroxyl groups excluding tert-OH is 1. The largest absolute Gasteiger partial charge is 0.394 e. The summed E-state index contributed by atoms with van der Waals surface area (Å²) in [5.41, 5.74) is 3.96. The van der Waals surface area contributed by atoms with Crippen molar-refractivity contribution in [1.29, 1.82) is 0 Å². The first-order valence-corrected chi connectivity index (χ1v) is 8.75. The zero-order valence-electron chi connectivity index (χ0n) is 15.5. The van der Waals surface area contributed by atoms with Gasteiger partial charge in [-0.05, 0) is 38.8 Å². The average molecular weight is 344 g/mol. The lowest BCUT2D eigenvalue weighted by molar-refractivity contribution is -0.116. The number of hydrogen-bond acceptors (Lipinski definition) is 4. The highest BCUT2D eigenvalue weighted by atomic mass is 16.3. The molecule has 1 amide bonds. The minimum atomic E-state index is -0.0546. The lowest BCUT2D eigenvalue weighted by Gasteiger charge is -2.17. The van der Waals surface area contributed by atoms with Gasteiger partial charge < -0.3 is 15.7 Å². The van der Waals surface area contributed by atoms with Gasteiger partial charge in [0.2, 0.25) is 5.91 Å². The van der Waals surface area contributed by atoms with E-state index in [0.29, 0.717) is 13.0 Å². The van der Waals surface area contributed by atoms with E-state index in [1.54, 1.807) is 4.68 Å². The van der Waals surface area contributed by atoms with Crippen molar-refractivity contribution in [2.45, 2.75) is 53.1 Å². The summed E-state index contributed by atoms with van der Waals surface area (Å²) in [6, 6.07) is 7.80. The van der Waals surface area contributed by atoms with E-state index in [1.807, 2.05) is 45.0 Å². The van der Waals surface area contributed by atoms with Crippen LogP contribution in [0.1, 0.15) is 37.1 Å². The molecule has 0 aliphatic carbocycles. The van der Waals surface area contributed by atoms with Crippen LogP contribution in [0, 0.1) is 13.8 Å². The average Bonchev–Trinajstić information content (AvgIpc) is 2.83. The van der Waals surface area contributed by atoms with Crippen LogP contribution in [0.3, 0.4) is 0 Å². The molecule has 0 saturated carbocycles. The van der Waals surface area contributed by atoms with Gasteiger partial charge in [0.1, 0.15) is 5.82 Å². The van der Waals surface area contributed by atoms with Crippen LogP contribution in [0.2, 0.25) is 0 Å². The lowest BCUT2D eigenvalue weighted by Crippen LogP contribution is -2.26. The Morgan fingerprint density at radius 2 is 2.04 bits per heavy atom. The Labute approximate surface area is 149 Å². The molecule has 1 aromatic heterocycles. The maximum absolute atomic E-state index is 12.4. The third-order valence-electron chi connectivity index (χ3n) is 4.29. The SMILES string of the molecule is CCc1ccccc1NC(=O)CC(C)Nc1c(C)c(C)nn1CCO. The molecule has 1 aromatic carbocycles. The number of para-hydroxylation sites is 1. The molecule has 0 spiro atoms. The second-order valence-electron chi connectivity index (χ2n) is 6.31. The highest BCUT2D eigenvalue weighted by Crippen LogP contribution is 2.20. The van der Waals surface area contributed by atoms with Gasteiger partial charge in [0.05, 0.1) is 18.8 Å². The minimum absolute atomic E-state index is 0.0245. The molecule has 0 aliphatic rings. The molecule has 25 heavy (non-hydrogen) atoms. The fourth-order valence-corrected chi connectivity index (χ4v) is 2.82. The van der Waals surface area contributed by atoms with Gasteiger partial charge in [-0.3, -0.25) is 4.79 Å². The Kier molecular flexibility index (Phi) is 6.58.